The third-order valence-corrected chi connectivity index (χ3v) is 9.86. The second-order valence-corrected chi connectivity index (χ2v) is 14.9. The molecule has 2 aromatic rings. The van der Waals surface area contributed by atoms with Crippen molar-refractivity contribution in [1.82, 2.24) is 5.32 Å². The summed E-state index contributed by atoms with van der Waals surface area (Å²) in [4.78, 5) is 39.5. The van der Waals surface area contributed by atoms with E-state index in [4.69, 9.17) is 18.4 Å². The van der Waals surface area contributed by atoms with Crippen molar-refractivity contribution in [3.8, 4) is 0 Å². The van der Waals surface area contributed by atoms with E-state index >= 15 is 0 Å². The fourth-order valence-electron chi connectivity index (χ4n) is 6.57. The van der Waals surface area contributed by atoms with E-state index in [2.05, 4.69) is 12.2 Å². The molecule has 6 atom stereocenters. The number of carbonyl (C=O) groups is 3. The first-order valence-electron chi connectivity index (χ1n) is 19.3. The summed E-state index contributed by atoms with van der Waals surface area (Å²) in [5.41, 5.74) is 2.08. The number of unbranched alkanes of at least 4 members (excludes halogenated alkanes) is 8. The Morgan fingerprint density at radius 2 is 1.31 bits per heavy atom. The SMILES string of the molecule is CCCCCCCCCCC[C@H](CC(=O)N[C@H]1C(O)O[C@H](CO)[C@@H](OS(=O)(=O)O)[C@@H]1OC(=O)CCCc1ccccc1)OC(=O)CCCc1ccccc1. The zero-order valence-corrected chi connectivity index (χ0v) is 32.2. The summed E-state index contributed by atoms with van der Waals surface area (Å²) in [6.07, 6.45) is 4.33. The zero-order chi connectivity index (χ0) is 39.2. The predicted octanol–water partition coefficient (Wildman–Crippen LogP) is 5.55. The molecule has 1 saturated heterocycles. The van der Waals surface area contributed by atoms with Crippen molar-refractivity contribution in [3.63, 3.8) is 0 Å². The van der Waals surface area contributed by atoms with Gasteiger partial charge in [-0.05, 0) is 49.7 Å². The number of carbonyl (C=O) groups excluding carboxylic acids is 3. The molecule has 302 valence electrons. The number of ether oxygens (including phenoxy) is 3. The molecular formula is C40H59NO12S. The number of benzene rings is 2. The Labute approximate surface area is 320 Å². The van der Waals surface area contributed by atoms with Gasteiger partial charge in [-0.25, -0.2) is 4.18 Å². The number of rotatable bonds is 26. The van der Waals surface area contributed by atoms with E-state index in [1.165, 1.54) is 25.7 Å². The normalized spacial score (nSPS) is 20.6. The molecule has 1 fully saturated rings. The largest absolute Gasteiger partial charge is 0.462 e. The van der Waals surface area contributed by atoms with Crippen molar-refractivity contribution >= 4 is 28.2 Å². The summed E-state index contributed by atoms with van der Waals surface area (Å²) < 4.78 is 54.7. The summed E-state index contributed by atoms with van der Waals surface area (Å²) in [5, 5.41) is 23.4. The number of hydrogen-bond donors (Lipinski definition) is 4. The van der Waals surface area contributed by atoms with Crippen LogP contribution < -0.4 is 5.32 Å². The van der Waals surface area contributed by atoms with E-state index in [-0.39, 0.29) is 19.3 Å². The average molecular weight is 778 g/mol. The Hall–Kier alpha value is -3.40. The molecule has 2 aromatic carbocycles. The molecule has 3 rings (SSSR count). The highest BCUT2D eigenvalue weighted by atomic mass is 32.3. The third kappa shape index (κ3) is 17.8. The van der Waals surface area contributed by atoms with Crippen LogP contribution in [-0.4, -0.2) is 84.4 Å². The monoisotopic (exact) mass is 777 g/mol. The van der Waals surface area contributed by atoms with E-state index in [9.17, 15) is 37.6 Å². The molecule has 0 bridgehead atoms. The minimum atomic E-state index is -5.17. The van der Waals surface area contributed by atoms with Crippen molar-refractivity contribution in [2.45, 2.75) is 153 Å². The van der Waals surface area contributed by atoms with Gasteiger partial charge in [-0.3, -0.25) is 18.9 Å². The second kappa shape index (κ2) is 24.9. The summed E-state index contributed by atoms with van der Waals surface area (Å²) in [6, 6.07) is 17.6. The lowest BCUT2D eigenvalue weighted by Gasteiger charge is -2.43. The Kier molecular flexibility index (Phi) is 20.7. The molecular weight excluding hydrogens is 719 g/mol. The molecule has 1 aliphatic rings. The van der Waals surface area contributed by atoms with Gasteiger partial charge in [-0.2, -0.15) is 8.42 Å². The number of esters is 2. The van der Waals surface area contributed by atoms with Crippen LogP contribution in [0.2, 0.25) is 0 Å². The van der Waals surface area contributed by atoms with Gasteiger partial charge in [0.25, 0.3) is 0 Å². The fourth-order valence-corrected chi connectivity index (χ4v) is 7.09. The first kappa shape index (κ1) is 45.0. The highest BCUT2D eigenvalue weighted by Crippen LogP contribution is 2.27. The molecule has 1 aliphatic heterocycles. The van der Waals surface area contributed by atoms with Crippen LogP contribution in [0.25, 0.3) is 0 Å². The number of aryl methyl sites for hydroxylation is 2. The van der Waals surface area contributed by atoms with Crippen LogP contribution in [0.3, 0.4) is 0 Å². The summed E-state index contributed by atoms with van der Waals surface area (Å²) in [6.45, 7) is 1.31. The number of aliphatic hydroxyl groups is 2. The maximum Gasteiger partial charge on any atom is 0.397 e. The molecule has 14 heteroatoms. The van der Waals surface area contributed by atoms with Crippen molar-refractivity contribution < 1.29 is 56.0 Å². The van der Waals surface area contributed by atoms with E-state index in [0.29, 0.717) is 38.5 Å². The highest BCUT2D eigenvalue weighted by molar-refractivity contribution is 7.80. The summed E-state index contributed by atoms with van der Waals surface area (Å²) in [5.74, 6) is -1.94. The van der Waals surface area contributed by atoms with Crippen LogP contribution in [0.1, 0.15) is 114 Å². The van der Waals surface area contributed by atoms with Gasteiger partial charge < -0.3 is 29.7 Å². The predicted molar refractivity (Wildman–Crippen MR) is 201 cm³/mol. The Bertz CT molecular complexity index is 1480. The Morgan fingerprint density at radius 3 is 1.85 bits per heavy atom. The molecule has 54 heavy (non-hydrogen) atoms. The quantitative estimate of drug-likeness (QED) is 0.0530. The molecule has 1 amide bonds. The third-order valence-electron chi connectivity index (χ3n) is 9.39. The van der Waals surface area contributed by atoms with Gasteiger partial charge in [0.05, 0.1) is 13.0 Å². The molecule has 0 spiro atoms. The minimum absolute atomic E-state index is 0.105. The molecule has 0 aromatic heterocycles. The topological polar surface area (TPSA) is 195 Å². The van der Waals surface area contributed by atoms with Gasteiger partial charge in [0.1, 0.15) is 24.4 Å². The first-order chi connectivity index (χ1) is 26.0. The van der Waals surface area contributed by atoms with E-state index < -0.39 is 71.6 Å². The van der Waals surface area contributed by atoms with E-state index in [0.717, 1.165) is 36.8 Å². The average Bonchev–Trinajstić information content (AvgIpc) is 3.13. The lowest BCUT2D eigenvalue weighted by molar-refractivity contribution is -0.254. The minimum Gasteiger partial charge on any atom is -0.462 e. The van der Waals surface area contributed by atoms with Crippen LogP contribution in [0.5, 0.6) is 0 Å². The Morgan fingerprint density at radius 1 is 0.778 bits per heavy atom. The standard InChI is InChI=1S/C40H59NO12S/c1-2-3-4-5-6-7-8-9-16-25-32(50-35(44)26-17-23-30-19-12-10-13-20-30)28-34(43)41-37-39(38(53-54(47,48)49)33(29-42)51-40(37)46)52-36(45)27-18-24-31-21-14-11-15-22-31/h10-15,19-22,32-33,37-40,42,46H,2-9,16-18,23-29H2,1H3,(H,41,43)(H,47,48,49)/t32-,33-,37-,38-,39-,40?/m1/s1. The zero-order valence-electron chi connectivity index (χ0n) is 31.4. The fraction of sp³-hybridized carbons (Fsp3) is 0.625. The van der Waals surface area contributed by atoms with Crippen LogP contribution >= 0.6 is 0 Å². The number of amides is 1. The van der Waals surface area contributed by atoms with Crippen molar-refractivity contribution in [3.05, 3.63) is 71.8 Å². The molecule has 13 nitrogen and oxygen atoms in total. The Balaban J connectivity index is 1.67. The van der Waals surface area contributed by atoms with Crippen LogP contribution in [0, 0.1) is 0 Å². The van der Waals surface area contributed by atoms with Crippen molar-refractivity contribution in [2.24, 2.45) is 0 Å². The number of aliphatic hydroxyl groups excluding tert-OH is 2. The van der Waals surface area contributed by atoms with Gasteiger partial charge in [-0.1, -0.05) is 119 Å². The molecule has 1 heterocycles. The maximum absolute atomic E-state index is 13.5. The van der Waals surface area contributed by atoms with E-state index in [1.54, 1.807) is 0 Å². The number of nitrogens with one attached hydrogen (secondary N) is 1. The molecule has 0 saturated carbocycles. The second-order valence-electron chi connectivity index (χ2n) is 13.9. The van der Waals surface area contributed by atoms with Gasteiger partial charge in [0, 0.05) is 12.8 Å². The lowest BCUT2D eigenvalue weighted by Crippen LogP contribution is -2.66. The molecule has 4 N–H and O–H groups in total. The maximum atomic E-state index is 13.5. The van der Waals surface area contributed by atoms with Gasteiger partial charge >= 0.3 is 22.3 Å². The summed E-state index contributed by atoms with van der Waals surface area (Å²) in [7, 11) is -5.17. The summed E-state index contributed by atoms with van der Waals surface area (Å²) >= 11 is 0. The molecule has 0 aliphatic carbocycles. The lowest BCUT2D eigenvalue weighted by atomic mass is 9.96. The van der Waals surface area contributed by atoms with Gasteiger partial charge in [-0.15, -0.1) is 0 Å². The first-order valence-corrected chi connectivity index (χ1v) is 20.7. The smallest absolute Gasteiger partial charge is 0.397 e. The van der Waals surface area contributed by atoms with Crippen LogP contribution in [0.15, 0.2) is 60.7 Å². The van der Waals surface area contributed by atoms with Crippen LogP contribution in [0.4, 0.5) is 0 Å². The van der Waals surface area contributed by atoms with Gasteiger partial charge in [0.15, 0.2) is 12.4 Å². The van der Waals surface area contributed by atoms with Gasteiger partial charge in [0.2, 0.25) is 5.91 Å². The highest BCUT2D eigenvalue weighted by Gasteiger charge is 2.50. The van der Waals surface area contributed by atoms with E-state index in [1.807, 2.05) is 60.7 Å². The van der Waals surface area contributed by atoms with Crippen molar-refractivity contribution in [1.29, 1.82) is 0 Å². The van der Waals surface area contributed by atoms with Crippen molar-refractivity contribution in [2.75, 3.05) is 6.61 Å². The molecule has 0 radical (unpaired) electrons. The number of hydrogen-bond acceptors (Lipinski definition) is 11. The molecule has 1 unspecified atom stereocenters. The van der Waals surface area contributed by atoms with Crippen LogP contribution in [-0.2, 0) is 56.0 Å².